The van der Waals surface area contributed by atoms with Gasteiger partial charge < -0.3 is 9.52 Å². The number of carbonyl (C=O) groups is 1. The van der Waals surface area contributed by atoms with Crippen LogP contribution in [0.15, 0.2) is 64.2 Å². The van der Waals surface area contributed by atoms with E-state index in [-0.39, 0.29) is 27.1 Å². The van der Waals surface area contributed by atoms with Crippen LogP contribution in [0.2, 0.25) is 5.02 Å². The van der Waals surface area contributed by atoms with Gasteiger partial charge in [-0.25, -0.2) is 9.78 Å². The van der Waals surface area contributed by atoms with E-state index in [0.29, 0.717) is 10.9 Å². The van der Waals surface area contributed by atoms with E-state index in [9.17, 15) is 13.2 Å². The van der Waals surface area contributed by atoms with Crippen LogP contribution >= 0.6 is 11.6 Å². The fourth-order valence-corrected chi connectivity index (χ4v) is 4.12. The van der Waals surface area contributed by atoms with Crippen LogP contribution in [0.4, 0.5) is 0 Å². The molecule has 0 saturated heterocycles. The molecular weight excluding hydrogens is 394 g/mol. The van der Waals surface area contributed by atoms with Crippen molar-refractivity contribution in [2.24, 2.45) is 0 Å². The van der Waals surface area contributed by atoms with Crippen LogP contribution in [0.3, 0.4) is 0 Å². The van der Waals surface area contributed by atoms with Crippen LogP contribution in [0, 0.1) is 0 Å². The number of benzene rings is 2. The summed E-state index contributed by atoms with van der Waals surface area (Å²) in [5.41, 5.74) is 0.552. The van der Waals surface area contributed by atoms with Gasteiger partial charge in [0.25, 0.3) is 10.0 Å². The summed E-state index contributed by atoms with van der Waals surface area (Å²) in [6.45, 7) is 0. The number of fused-ring (bicyclic) bond motifs is 1. The molecule has 0 radical (unpaired) electrons. The van der Waals surface area contributed by atoms with Gasteiger partial charge in [0, 0.05) is 16.0 Å². The molecule has 0 spiro atoms. The normalized spacial score (nSPS) is 11.7. The Hall–Kier alpha value is -3.17. The Morgan fingerprint density at radius 3 is 2.56 bits per heavy atom. The molecule has 4 rings (SSSR count). The van der Waals surface area contributed by atoms with Crippen molar-refractivity contribution in [3.63, 3.8) is 0 Å². The summed E-state index contributed by atoms with van der Waals surface area (Å²) < 4.78 is 31.9. The molecule has 10 heteroatoms. The van der Waals surface area contributed by atoms with Gasteiger partial charge in [-0.2, -0.15) is 17.6 Å². The Balaban J connectivity index is 1.94. The van der Waals surface area contributed by atoms with Crippen molar-refractivity contribution >= 4 is 38.5 Å². The maximum absolute atomic E-state index is 12.9. The molecular formula is C17H10ClN3O5S. The molecule has 2 aromatic heterocycles. The molecule has 4 aromatic rings. The van der Waals surface area contributed by atoms with Crippen LogP contribution in [-0.2, 0) is 10.0 Å². The Morgan fingerprint density at radius 2 is 1.89 bits per heavy atom. The average molecular weight is 404 g/mol. The minimum absolute atomic E-state index is 0.00319. The number of carboxylic acids is 1. The molecule has 0 atom stereocenters. The largest absolute Gasteiger partial charge is 0.475 e. The highest BCUT2D eigenvalue weighted by molar-refractivity contribution is 7.90. The summed E-state index contributed by atoms with van der Waals surface area (Å²) in [6, 6.07) is 10.8. The average Bonchev–Trinajstić information content (AvgIpc) is 3.29. The van der Waals surface area contributed by atoms with Crippen molar-refractivity contribution in [1.82, 2.24) is 14.2 Å². The quantitative estimate of drug-likeness (QED) is 0.555. The fraction of sp³-hybridized carbons (Fsp3) is 0. The highest BCUT2D eigenvalue weighted by Crippen LogP contribution is 2.33. The second kappa shape index (κ2) is 6.22. The number of oxazole rings is 1. The lowest BCUT2D eigenvalue weighted by molar-refractivity contribution is 0.0663. The first-order valence-electron chi connectivity index (χ1n) is 7.55. The first-order chi connectivity index (χ1) is 12.9. The summed E-state index contributed by atoms with van der Waals surface area (Å²) in [7, 11) is -3.94. The molecule has 136 valence electrons. The smallest absolute Gasteiger partial charge is 0.373 e. The molecule has 0 amide bonds. The number of aromatic nitrogens is 3. The predicted octanol–water partition coefficient (Wildman–Crippen LogP) is 3.28. The number of rotatable bonds is 4. The third-order valence-electron chi connectivity index (χ3n) is 3.84. The molecule has 0 aliphatic rings. The summed E-state index contributed by atoms with van der Waals surface area (Å²) in [6.07, 6.45) is 2.40. The van der Waals surface area contributed by atoms with Crippen molar-refractivity contribution in [2.75, 3.05) is 0 Å². The molecule has 0 bridgehead atoms. The molecule has 0 aliphatic heterocycles. The zero-order chi connectivity index (χ0) is 19.2. The minimum atomic E-state index is -3.94. The van der Waals surface area contributed by atoms with Gasteiger partial charge in [-0.15, -0.1) is 0 Å². The molecule has 0 saturated carbocycles. The van der Waals surface area contributed by atoms with E-state index in [4.69, 9.17) is 21.1 Å². The van der Waals surface area contributed by atoms with E-state index < -0.39 is 16.0 Å². The molecule has 2 heterocycles. The lowest BCUT2D eigenvalue weighted by Crippen LogP contribution is -2.14. The summed E-state index contributed by atoms with van der Waals surface area (Å²) in [4.78, 5) is 15.0. The van der Waals surface area contributed by atoms with Crippen molar-refractivity contribution in [3.05, 3.63) is 65.6 Å². The number of hydrogen-bond donors (Lipinski definition) is 1. The number of hydrogen-bond acceptors (Lipinski definition) is 6. The Bertz CT molecular complexity index is 1280. The van der Waals surface area contributed by atoms with Crippen LogP contribution in [-0.4, -0.2) is 33.7 Å². The number of nitrogens with zero attached hydrogens (tertiary/aromatic N) is 3. The van der Waals surface area contributed by atoms with Crippen molar-refractivity contribution in [2.45, 2.75) is 4.90 Å². The first-order valence-corrected chi connectivity index (χ1v) is 9.37. The fourth-order valence-electron chi connectivity index (χ4n) is 2.63. The Kier molecular flexibility index (Phi) is 3.97. The highest BCUT2D eigenvalue weighted by atomic mass is 35.5. The molecule has 0 aliphatic carbocycles. The maximum atomic E-state index is 12.9. The standard InChI is InChI=1S/C17H10ClN3O5S/c18-10-6-12(16-19-9-15(26-16)17(22)23)13-8-20-21(14(13)7-10)27(24,25)11-4-2-1-3-5-11/h1-9H,(H,22,23). The monoisotopic (exact) mass is 403 g/mol. The van der Waals surface area contributed by atoms with Crippen molar-refractivity contribution in [3.8, 4) is 11.5 Å². The van der Waals surface area contributed by atoms with Gasteiger partial charge in [0.15, 0.2) is 0 Å². The van der Waals surface area contributed by atoms with Gasteiger partial charge in [-0.1, -0.05) is 29.8 Å². The molecule has 0 fully saturated rings. The van der Waals surface area contributed by atoms with Crippen molar-refractivity contribution < 1.29 is 22.7 Å². The second-order valence-corrected chi connectivity index (χ2v) is 7.73. The van der Waals surface area contributed by atoms with Gasteiger partial charge >= 0.3 is 5.97 Å². The first kappa shape index (κ1) is 17.3. The van der Waals surface area contributed by atoms with Gasteiger partial charge in [-0.05, 0) is 24.3 Å². The Labute approximate surface area is 157 Å². The number of carboxylic acid groups (broad SMARTS) is 1. The summed E-state index contributed by atoms with van der Waals surface area (Å²) in [5, 5.41) is 13.6. The van der Waals surface area contributed by atoms with Gasteiger partial charge in [-0.3, -0.25) is 0 Å². The number of aromatic carboxylic acids is 1. The van der Waals surface area contributed by atoms with E-state index in [1.54, 1.807) is 18.2 Å². The molecule has 0 unspecified atom stereocenters. The SMILES string of the molecule is O=C(O)c1cnc(-c2cc(Cl)cc3c2cnn3S(=O)(=O)c2ccccc2)o1. The summed E-state index contributed by atoms with van der Waals surface area (Å²) >= 11 is 6.15. The van der Waals surface area contributed by atoms with Gasteiger partial charge in [0.05, 0.1) is 22.8 Å². The van der Waals surface area contributed by atoms with Crippen LogP contribution < -0.4 is 0 Å². The molecule has 2 aromatic carbocycles. The van der Waals surface area contributed by atoms with Crippen LogP contribution in [0.5, 0.6) is 0 Å². The zero-order valence-corrected chi connectivity index (χ0v) is 15.0. The summed E-state index contributed by atoms with van der Waals surface area (Å²) in [5.74, 6) is -1.62. The van der Waals surface area contributed by atoms with E-state index in [1.165, 1.54) is 30.5 Å². The van der Waals surface area contributed by atoms with E-state index in [2.05, 4.69) is 10.1 Å². The molecule has 27 heavy (non-hydrogen) atoms. The predicted molar refractivity (Wildman–Crippen MR) is 96.2 cm³/mol. The highest BCUT2D eigenvalue weighted by Gasteiger charge is 2.23. The minimum Gasteiger partial charge on any atom is -0.475 e. The van der Waals surface area contributed by atoms with E-state index in [0.717, 1.165) is 10.3 Å². The number of halogens is 1. The van der Waals surface area contributed by atoms with E-state index in [1.807, 2.05) is 0 Å². The lowest BCUT2D eigenvalue weighted by atomic mass is 10.1. The van der Waals surface area contributed by atoms with E-state index >= 15 is 0 Å². The van der Waals surface area contributed by atoms with Crippen LogP contribution in [0.25, 0.3) is 22.4 Å². The topological polar surface area (TPSA) is 115 Å². The maximum Gasteiger partial charge on any atom is 0.373 e. The van der Waals surface area contributed by atoms with Gasteiger partial charge in [0.2, 0.25) is 11.7 Å². The third kappa shape index (κ3) is 2.86. The third-order valence-corrected chi connectivity index (χ3v) is 5.67. The van der Waals surface area contributed by atoms with Crippen molar-refractivity contribution in [1.29, 1.82) is 0 Å². The second-order valence-electron chi connectivity index (χ2n) is 5.53. The zero-order valence-electron chi connectivity index (χ0n) is 13.4. The van der Waals surface area contributed by atoms with Gasteiger partial charge in [0.1, 0.15) is 0 Å². The lowest BCUT2D eigenvalue weighted by Gasteiger charge is -2.07. The Morgan fingerprint density at radius 1 is 1.15 bits per heavy atom. The van der Waals surface area contributed by atoms with Crippen LogP contribution in [0.1, 0.15) is 10.6 Å². The molecule has 1 N–H and O–H groups in total. The molecule has 8 nitrogen and oxygen atoms in total.